The fraction of sp³-hybridized carbons (Fsp3) is 0.400. The van der Waals surface area contributed by atoms with Gasteiger partial charge in [0.1, 0.15) is 0 Å². The van der Waals surface area contributed by atoms with Crippen molar-refractivity contribution in [2.75, 3.05) is 13.2 Å². The van der Waals surface area contributed by atoms with Crippen LogP contribution in [0.2, 0.25) is 0 Å². The number of H-pyrrole nitrogens is 2. The van der Waals surface area contributed by atoms with Gasteiger partial charge < -0.3 is 14.8 Å². The number of rotatable bonds is 1. The fourth-order valence-electron chi connectivity index (χ4n) is 1.03. The first kappa shape index (κ1) is 12.4. The van der Waals surface area contributed by atoms with Crippen LogP contribution in [0.25, 0.3) is 0 Å². The molecule has 3 N–H and O–H groups in total. The van der Waals surface area contributed by atoms with Crippen molar-refractivity contribution in [3.8, 4) is 0 Å². The summed E-state index contributed by atoms with van der Waals surface area (Å²) in [5.41, 5.74) is -0.293. The number of ether oxygens (including phenoxy) is 1. The smallest absolute Gasteiger partial charge is 0.325 e. The summed E-state index contributed by atoms with van der Waals surface area (Å²) >= 11 is 0. The van der Waals surface area contributed by atoms with Gasteiger partial charge in [-0.3, -0.25) is 9.78 Å². The lowest BCUT2D eigenvalue weighted by atomic mass is 10.4. The molecule has 1 aromatic rings. The van der Waals surface area contributed by atoms with Crippen LogP contribution in [0.3, 0.4) is 0 Å². The van der Waals surface area contributed by atoms with Gasteiger partial charge in [0.15, 0.2) is 0 Å². The number of aliphatic hydroxyl groups excluding tert-OH is 1. The van der Waals surface area contributed by atoms with Crippen LogP contribution < -0.4 is 11.2 Å². The normalized spacial score (nSPS) is 18.0. The molecule has 1 unspecified atom stereocenters. The second-order valence-electron chi connectivity index (χ2n) is 3.24. The molecule has 0 amide bonds. The molecule has 0 saturated heterocycles. The van der Waals surface area contributed by atoms with E-state index in [9.17, 15) is 9.59 Å². The van der Waals surface area contributed by atoms with Gasteiger partial charge in [0.25, 0.3) is 5.56 Å². The van der Waals surface area contributed by atoms with Crippen molar-refractivity contribution >= 4 is 0 Å². The minimum Gasteiger partial charge on any atom is -0.393 e. The summed E-state index contributed by atoms with van der Waals surface area (Å²) in [5.74, 6) is 0. The number of hydrogen-bond acceptors (Lipinski definition) is 4. The molecular weight excluding hydrogens is 212 g/mol. The Hall–Kier alpha value is -1.66. The summed E-state index contributed by atoms with van der Waals surface area (Å²) in [5, 5.41) is 8.39. The van der Waals surface area contributed by atoms with E-state index in [-0.39, 0.29) is 18.3 Å². The van der Waals surface area contributed by atoms with Crippen LogP contribution in [0, 0.1) is 6.92 Å². The van der Waals surface area contributed by atoms with Crippen molar-refractivity contribution in [1.82, 2.24) is 9.97 Å². The van der Waals surface area contributed by atoms with Gasteiger partial charge in [-0.1, -0.05) is 12.2 Å². The summed E-state index contributed by atoms with van der Waals surface area (Å²) in [7, 11) is 0. The number of aromatic nitrogens is 2. The highest BCUT2D eigenvalue weighted by Crippen LogP contribution is 1.99. The Bertz CT molecular complexity index is 460. The van der Waals surface area contributed by atoms with Crippen LogP contribution in [-0.4, -0.2) is 34.4 Å². The van der Waals surface area contributed by atoms with Gasteiger partial charge in [-0.25, -0.2) is 4.79 Å². The van der Waals surface area contributed by atoms with E-state index in [0.29, 0.717) is 12.2 Å². The van der Waals surface area contributed by atoms with E-state index >= 15 is 0 Å². The number of aryl methyl sites for hydroxylation is 1. The average Bonchev–Trinajstić information content (AvgIpc) is 2.77. The molecule has 88 valence electrons. The van der Waals surface area contributed by atoms with Gasteiger partial charge in [0.05, 0.1) is 19.3 Å². The molecule has 0 bridgehead atoms. The summed E-state index contributed by atoms with van der Waals surface area (Å²) in [6.07, 6.45) is 5.11. The quantitative estimate of drug-likeness (QED) is 0.552. The molecule has 2 heterocycles. The van der Waals surface area contributed by atoms with E-state index in [1.165, 1.54) is 6.20 Å². The Balaban J connectivity index is 0.000000165. The third-order valence-corrected chi connectivity index (χ3v) is 1.94. The largest absolute Gasteiger partial charge is 0.393 e. The molecule has 2 rings (SSSR count). The molecule has 6 nitrogen and oxygen atoms in total. The van der Waals surface area contributed by atoms with Gasteiger partial charge in [-0.2, -0.15) is 0 Å². The van der Waals surface area contributed by atoms with Crippen molar-refractivity contribution in [3.05, 3.63) is 44.8 Å². The molecule has 0 aromatic carbocycles. The van der Waals surface area contributed by atoms with Crippen LogP contribution in [0.1, 0.15) is 5.56 Å². The molecule has 0 spiro atoms. The topological polar surface area (TPSA) is 95.2 Å². The molecule has 0 fully saturated rings. The molecule has 0 aliphatic carbocycles. The number of hydrogen-bond donors (Lipinski definition) is 3. The van der Waals surface area contributed by atoms with Crippen LogP contribution in [0.15, 0.2) is 27.9 Å². The minimum absolute atomic E-state index is 0.0278. The Morgan fingerprint density at radius 2 is 2.31 bits per heavy atom. The number of aromatic amines is 2. The highest BCUT2D eigenvalue weighted by atomic mass is 16.5. The highest BCUT2D eigenvalue weighted by molar-refractivity contribution is 4.98. The van der Waals surface area contributed by atoms with Crippen molar-refractivity contribution in [3.63, 3.8) is 0 Å². The maximum absolute atomic E-state index is 10.6. The highest BCUT2D eigenvalue weighted by Gasteiger charge is 2.04. The van der Waals surface area contributed by atoms with Crippen molar-refractivity contribution in [2.24, 2.45) is 0 Å². The average molecular weight is 226 g/mol. The van der Waals surface area contributed by atoms with Gasteiger partial charge in [-0.15, -0.1) is 0 Å². The zero-order valence-corrected chi connectivity index (χ0v) is 8.90. The molecule has 6 heteroatoms. The van der Waals surface area contributed by atoms with Gasteiger partial charge in [0.2, 0.25) is 0 Å². The van der Waals surface area contributed by atoms with Crippen molar-refractivity contribution < 1.29 is 9.84 Å². The standard InChI is InChI=1S/C5H6N2O2.C5H8O2/c1-3-2-6-5(9)7-4(3)8;6-4-5-2-1-3-7-5/h2H,1H3,(H2,6,7,8,9);1-2,5-6H,3-4H2. The van der Waals surface area contributed by atoms with Crippen LogP contribution in [-0.2, 0) is 4.74 Å². The maximum atomic E-state index is 10.6. The molecule has 0 saturated carbocycles. The van der Waals surface area contributed by atoms with Crippen molar-refractivity contribution in [1.29, 1.82) is 0 Å². The lowest BCUT2D eigenvalue weighted by molar-refractivity contribution is 0.0748. The summed E-state index contributed by atoms with van der Waals surface area (Å²) in [6.45, 7) is 2.39. The molecule has 1 aromatic heterocycles. The SMILES string of the molecule is Cc1c[nH]c(=O)[nH]c1=O.OCC1C=CCO1. The first-order chi connectivity index (χ1) is 7.63. The van der Waals surface area contributed by atoms with E-state index in [2.05, 4.69) is 9.97 Å². The Morgan fingerprint density at radius 3 is 2.69 bits per heavy atom. The van der Waals surface area contributed by atoms with Gasteiger partial charge in [0, 0.05) is 11.8 Å². The number of aliphatic hydroxyl groups is 1. The first-order valence-electron chi connectivity index (χ1n) is 4.81. The summed E-state index contributed by atoms with van der Waals surface area (Å²) in [4.78, 5) is 25.3. The molecular formula is C10H14N2O4. The summed E-state index contributed by atoms with van der Waals surface area (Å²) in [6, 6.07) is 0. The fourth-order valence-corrected chi connectivity index (χ4v) is 1.03. The lowest BCUT2D eigenvalue weighted by Gasteiger charge is -1.99. The van der Waals surface area contributed by atoms with E-state index < -0.39 is 5.69 Å². The van der Waals surface area contributed by atoms with Gasteiger partial charge in [-0.05, 0) is 6.92 Å². The molecule has 16 heavy (non-hydrogen) atoms. The third kappa shape index (κ3) is 3.84. The minimum atomic E-state index is -0.467. The lowest BCUT2D eigenvalue weighted by Crippen LogP contribution is -2.22. The predicted molar refractivity (Wildman–Crippen MR) is 58.4 cm³/mol. The van der Waals surface area contributed by atoms with E-state index in [0.717, 1.165) is 0 Å². The molecule has 1 aliphatic rings. The summed E-state index contributed by atoms with van der Waals surface area (Å²) < 4.78 is 4.94. The number of nitrogens with one attached hydrogen (secondary N) is 2. The maximum Gasteiger partial charge on any atom is 0.325 e. The Morgan fingerprint density at radius 1 is 1.56 bits per heavy atom. The Kier molecular flexibility index (Phi) is 4.68. The van der Waals surface area contributed by atoms with E-state index in [1.807, 2.05) is 12.2 Å². The molecule has 1 atom stereocenters. The van der Waals surface area contributed by atoms with E-state index in [4.69, 9.17) is 9.84 Å². The second kappa shape index (κ2) is 6.04. The first-order valence-corrected chi connectivity index (χ1v) is 4.81. The van der Waals surface area contributed by atoms with E-state index in [1.54, 1.807) is 6.92 Å². The van der Waals surface area contributed by atoms with Gasteiger partial charge >= 0.3 is 5.69 Å². The zero-order valence-electron chi connectivity index (χ0n) is 8.90. The zero-order chi connectivity index (χ0) is 12.0. The van der Waals surface area contributed by atoms with Crippen LogP contribution in [0.5, 0.6) is 0 Å². The third-order valence-electron chi connectivity index (χ3n) is 1.94. The second-order valence-corrected chi connectivity index (χ2v) is 3.24. The van der Waals surface area contributed by atoms with Crippen LogP contribution >= 0.6 is 0 Å². The van der Waals surface area contributed by atoms with Crippen molar-refractivity contribution in [2.45, 2.75) is 13.0 Å². The Labute approximate surface area is 91.6 Å². The monoisotopic (exact) mass is 226 g/mol. The molecule has 1 aliphatic heterocycles. The predicted octanol–water partition coefficient (Wildman–Crippen LogP) is -0.695. The van der Waals surface area contributed by atoms with Crippen LogP contribution in [0.4, 0.5) is 0 Å². The molecule has 0 radical (unpaired) electrons.